The highest BCUT2D eigenvalue weighted by Gasteiger charge is 2.34. The van der Waals surface area contributed by atoms with E-state index in [1.807, 2.05) is 58.5 Å². The van der Waals surface area contributed by atoms with Gasteiger partial charge in [0.05, 0.1) is 23.5 Å². The van der Waals surface area contributed by atoms with E-state index < -0.39 is 11.9 Å². The normalized spacial score (nSPS) is 12.9. The molecule has 0 spiro atoms. The summed E-state index contributed by atoms with van der Waals surface area (Å²) in [6.45, 7) is 2.41. The maximum absolute atomic E-state index is 12.5. The van der Waals surface area contributed by atoms with E-state index in [4.69, 9.17) is 9.47 Å². The molecule has 3 aromatic carbocycles. The lowest BCUT2D eigenvalue weighted by atomic mass is 10.1. The van der Waals surface area contributed by atoms with Crippen LogP contribution in [0, 0.1) is 0 Å². The van der Waals surface area contributed by atoms with Gasteiger partial charge in [0.2, 0.25) is 12.3 Å². The second-order valence-electron chi connectivity index (χ2n) is 8.44. The molecule has 1 amide bonds. The number of unbranched alkanes of at least 4 members (excludes halogenated alkanes) is 1. The smallest absolute Gasteiger partial charge is 0.343 e. The fourth-order valence-electron chi connectivity index (χ4n) is 4.00. The van der Waals surface area contributed by atoms with Crippen molar-refractivity contribution in [3.8, 4) is 5.75 Å². The average molecular weight is 500 g/mol. The molecule has 4 rings (SSSR count). The Kier molecular flexibility index (Phi) is 8.54. The van der Waals surface area contributed by atoms with Gasteiger partial charge in [0.25, 0.3) is 0 Å². The molecular formula is C29H29N3O5. The van der Waals surface area contributed by atoms with Gasteiger partial charge in [0.1, 0.15) is 12.3 Å². The van der Waals surface area contributed by atoms with Crippen LogP contribution in [-0.2, 0) is 14.3 Å². The molecule has 0 fully saturated rings. The number of nitrogens with one attached hydrogen (secondary N) is 1. The molecule has 8 nitrogen and oxygen atoms in total. The number of benzene rings is 3. The van der Waals surface area contributed by atoms with Gasteiger partial charge in [-0.3, -0.25) is 9.80 Å². The number of esters is 2. The van der Waals surface area contributed by atoms with Crippen LogP contribution in [-0.4, -0.2) is 31.4 Å². The molecule has 1 heterocycles. The molecule has 0 saturated carbocycles. The fourth-order valence-corrected chi connectivity index (χ4v) is 4.00. The minimum Gasteiger partial charge on any atom is -0.423 e. The maximum atomic E-state index is 12.5. The molecule has 0 aromatic heterocycles. The van der Waals surface area contributed by atoms with Crippen LogP contribution in [0.4, 0.5) is 11.4 Å². The summed E-state index contributed by atoms with van der Waals surface area (Å²) in [7, 11) is 0. The van der Waals surface area contributed by atoms with E-state index in [1.165, 1.54) is 0 Å². The molecule has 0 radical (unpaired) electrons. The first-order valence-corrected chi connectivity index (χ1v) is 12.2. The van der Waals surface area contributed by atoms with Gasteiger partial charge in [-0.1, -0.05) is 49.7 Å². The van der Waals surface area contributed by atoms with E-state index in [1.54, 1.807) is 36.4 Å². The molecule has 0 atom stereocenters. The molecule has 0 unspecified atom stereocenters. The molecule has 0 aliphatic carbocycles. The monoisotopic (exact) mass is 499 g/mol. The van der Waals surface area contributed by atoms with Crippen molar-refractivity contribution in [1.29, 1.82) is 0 Å². The molecule has 1 aliphatic heterocycles. The van der Waals surface area contributed by atoms with Gasteiger partial charge in [0, 0.05) is 5.57 Å². The van der Waals surface area contributed by atoms with E-state index in [9.17, 15) is 14.4 Å². The third-order valence-electron chi connectivity index (χ3n) is 5.80. The Morgan fingerprint density at radius 3 is 2.22 bits per heavy atom. The summed E-state index contributed by atoms with van der Waals surface area (Å²) in [6, 6.07) is 25.6. The Bertz CT molecular complexity index is 1240. The Morgan fingerprint density at radius 2 is 1.57 bits per heavy atom. The zero-order valence-corrected chi connectivity index (χ0v) is 20.6. The molecular weight excluding hydrogens is 470 g/mol. The number of hydrogen-bond acceptors (Lipinski definition) is 7. The molecule has 37 heavy (non-hydrogen) atoms. The highest BCUT2D eigenvalue weighted by molar-refractivity contribution is 5.91. The van der Waals surface area contributed by atoms with Crippen molar-refractivity contribution in [2.24, 2.45) is 0 Å². The predicted molar refractivity (Wildman–Crippen MR) is 141 cm³/mol. The second kappa shape index (κ2) is 12.4. The summed E-state index contributed by atoms with van der Waals surface area (Å²) in [4.78, 5) is 35.7. The van der Waals surface area contributed by atoms with Gasteiger partial charge < -0.3 is 14.8 Å². The minimum atomic E-state index is -0.565. The number of hydrazine groups is 1. The van der Waals surface area contributed by atoms with Crippen molar-refractivity contribution >= 4 is 29.7 Å². The van der Waals surface area contributed by atoms with Crippen LogP contribution in [0.1, 0.15) is 36.5 Å². The van der Waals surface area contributed by atoms with E-state index in [2.05, 4.69) is 12.2 Å². The van der Waals surface area contributed by atoms with Crippen LogP contribution < -0.4 is 20.1 Å². The quantitative estimate of drug-likeness (QED) is 0.229. The van der Waals surface area contributed by atoms with Crippen LogP contribution in [0.5, 0.6) is 5.75 Å². The summed E-state index contributed by atoms with van der Waals surface area (Å²) in [5.74, 6) is -0.195. The number of amides is 1. The highest BCUT2D eigenvalue weighted by Crippen LogP contribution is 2.36. The Morgan fingerprint density at radius 1 is 0.892 bits per heavy atom. The van der Waals surface area contributed by atoms with Crippen LogP contribution in [0.25, 0.3) is 0 Å². The number of nitrogens with zero attached hydrogens (tertiary/aromatic N) is 2. The first kappa shape index (κ1) is 25.5. The van der Waals surface area contributed by atoms with Gasteiger partial charge in [-0.15, -0.1) is 0 Å². The van der Waals surface area contributed by atoms with E-state index in [-0.39, 0.29) is 6.54 Å². The predicted octanol–water partition coefficient (Wildman–Crippen LogP) is 4.84. The van der Waals surface area contributed by atoms with Crippen molar-refractivity contribution < 1.29 is 23.9 Å². The Balaban J connectivity index is 1.65. The van der Waals surface area contributed by atoms with Crippen molar-refractivity contribution in [3.63, 3.8) is 0 Å². The summed E-state index contributed by atoms with van der Waals surface area (Å²) >= 11 is 0. The standard InChI is InChI=1S/C29H29N3O5/c1-2-3-10-23-20-31(24-13-8-5-9-14-24)32(28(23)37-27(34)19-30-21-33)25-15-17-26(18-16-25)36-29(35)22-11-6-4-7-12-22/h4-9,11-18,21H,2-3,10,19-20H2,1H3,(H,30,33). The van der Waals surface area contributed by atoms with Gasteiger partial charge >= 0.3 is 11.9 Å². The summed E-state index contributed by atoms with van der Waals surface area (Å²) in [5, 5.41) is 6.24. The van der Waals surface area contributed by atoms with E-state index in [0.29, 0.717) is 30.2 Å². The molecule has 190 valence electrons. The number of ether oxygens (including phenoxy) is 2. The molecule has 1 N–H and O–H groups in total. The number of hydrogen-bond donors (Lipinski definition) is 1. The second-order valence-corrected chi connectivity index (χ2v) is 8.44. The minimum absolute atomic E-state index is 0.235. The number of rotatable bonds is 11. The van der Waals surface area contributed by atoms with E-state index in [0.717, 1.165) is 36.2 Å². The fraction of sp³-hybridized carbons (Fsp3) is 0.207. The number of carbonyl (C=O) groups is 3. The molecule has 8 heteroatoms. The molecule has 0 saturated heterocycles. The Hall–Kier alpha value is -4.59. The SMILES string of the molecule is CCCCC1=C(OC(=O)CNC=O)N(c2ccc(OC(=O)c3ccccc3)cc2)N(c2ccccc2)C1. The molecule has 0 bridgehead atoms. The van der Waals surface area contributed by atoms with Crippen LogP contribution in [0.15, 0.2) is 96.4 Å². The summed E-state index contributed by atoms with van der Waals surface area (Å²) in [6.07, 6.45) is 3.15. The summed E-state index contributed by atoms with van der Waals surface area (Å²) in [5.41, 5.74) is 3.09. The number of carbonyl (C=O) groups excluding carboxylic acids is 3. The van der Waals surface area contributed by atoms with Crippen LogP contribution in [0.3, 0.4) is 0 Å². The zero-order chi connectivity index (χ0) is 26.0. The average Bonchev–Trinajstić information content (AvgIpc) is 3.29. The lowest BCUT2D eigenvalue weighted by molar-refractivity contribution is -0.139. The number of anilines is 2. The van der Waals surface area contributed by atoms with E-state index >= 15 is 0 Å². The topological polar surface area (TPSA) is 88.2 Å². The zero-order valence-electron chi connectivity index (χ0n) is 20.6. The van der Waals surface area contributed by atoms with Crippen molar-refractivity contribution in [2.45, 2.75) is 26.2 Å². The lowest BCUT2D eigenvalue weighted by Gasteiger charge is -2.33. The highest BCUT2D eigenvalue weighted by atomic mass is 16.6. The maximum Gasteiger partial charge on any atom is 0.343 e. The third kappa shape index (κ3) is 6.35. The summed E-state index contributed by atoms with van der Waals surface area (Å²) < 4.78 is 11.3. The largest absolute Gasteiger partial charge is 0.423 e. The van der Waals surface area contributed by atoms with Crippen molar-refractivity contribution in [3.05, 3.63) is 102 Å². The number of para-hydroxylation sites is 1. The van der Waals surface area contributed by atoms with Crippen LogP contribution in [0.2, 0.25) is 0 Å². The van der Waals surface area contributed by atoms with Gasteiger partial charge in [0.15, 0.2) is 0 Å². The van der Waals surface area contributed by atoms with Gasteiger partial charge in [-0.25, -0.2) is 14.6 Å². The molecule has 1 aliphatic rings. The Labute approximate surface area is 216 Å². The molecule has 3 aromatic rings. The van der Waals surface area contributed by atoms with Crippen LogP contribution >= 0.6 is 0 Å². The van der Waals surface area contributed by atoms with Crippen molar-refractivity contribution in [1.82, 2.24) is 5.32 Å². The van der Waals surface area contributed by atoms with Crippen molar-refractivity contribution in [2.75, 3.05) is 23.1 Å². The lowest BCUT2D eigenvalue weighted by Crippen LogP contribution is -2.39. The van der Waals surface area contributed by atoms with Gasteiger partial charge in [-0.05, 0) is 61.4 Å². The first-order valence-electron chi connectivity index (χ1n) is 12.2. The van der Waals surface area contributed by atoms with Gasteiger partial charge in [-0.2, -0.15) is 0 Å². The first-order chi connectivity index (χ1) is 18.1. The third-order valence-corrected chi connectivity index (χ3v) is 5.80.